The molecule has 0 saturated carbocycles. The van der Waals surface area contributed by atoms with Gasteiger partial charge in [0.2, 0.25) is 0 Å². The molecule has 1 amide bonds. The summed E-state index contributed by atoms with van der Waals surface area (Å²) >= 11 is 0. The molecular weight excluding hydrogens is 336 g/mol. The first-order valence-corrected chi connectivity index (χ1v) is 8.93. The van der Waals surface area contributed by atoms with Crippen molar-refractivity contribution in [2.75, 3.05) is 5.32 Å². The number of para-hydroxylation sites is 1. The van der Waals surface area contributed by atoms with Crippen LogP contribution in [0.3, 0.4) is 0 Å². The third-order valence-electron chi connectivity index (χ3n) is 4.58. The number of nitrogens with one attached hydrogen (secondary N) is 1. The van der Waals surface area contributed by atoms with Crippen LogP contribution in [0, 0.1) is 0 Å². The van der Waals surface area contributed by atoms with Crippen molar-refractivity contribution in [3.8, 4) is 11.3 Å². The van der Waals surface area contributed by atoms with E-state index in [-0.39, 0.29) is 5.91 Å². The van der Waals surface area contributed by atoms with Crippen LogP contribution in [0.4, 0.5) is 5.69 Å². The van der Waals surface area contributed by atoms with Crippen LogP contribution in [0.2, 0.25) is 0 Å². The van der Waals surface area contributed by atoms with Crippen molar-refractivity contribution in [1.82, 2.24) is 14.8 Å². The van der Waals surface area contributed by atoms with E-state index in [0.717, 1.165) is 34.3 Å². The Labute approximate surface area is 157 Å². The van der Waals surface area contributed by atoms with Crippen LogP contribution in [0.5, 0.6) is 0 Å². The number of amides is 1. The average Bonchev–Trinajstić information content (AvgIpc) is 3.14. The Kier molecular flexibility index (Phi) is 4.42. The van der Waals surface area contributed by atoms with E-state index in [9.17, 15) is 4.79 Å². The Morgan fingerprint density at radius 1 is 1.11 bits per heavy atom. The summed E-state index contributed by atoms with van der Waals surface area (Å²) in [4.78, 5) is 17.7. The van der Waals surface area contributed by atoms with E-state index in [0.29, 0.717) is 5.56 Å². The topological polar surface area (TPSA) is 59.8 Å². The molecule has 2 heterocycles. The maximum Gasteiger partial charge on any atom is 0.256 e. The first-order chi connectivity index (χ1) is 13.1. The van der Waals surface area contributed by atoms with Crippen LogP contribution in [-0.4, -0.2) is 20.7 Å². The summed E-state index contributed by atoms with van der Waals surface area (Å²) in [6.07, 6.45) is 4.61. The minimum atomic E-state index is -0.150. The minimum Gasteiger partial charge on any atom is -0.322 e. The van der Waals surface area contributed by atoms with Gasteiger partial charge in [-0.25, -0.2) is 4.98 Å². The number of fused-ring (bicyclic) bond motifs is 1. The molecule has 0 aliphatic rings. The van der Waals surface area contributed by atoms with E-state index in [2.05, 4.69) is 17.3 Å². The van der Waals surface area contributed by atoms with Gasteiger partial charge in [0.15, 0.2) is 0 Å². The molecule has 0 radical (unpaired) electrons. The van der Waals surface area contributed by atoms with Crippen LogP contribution in [0.1, 0.15) is 22.8 Å². The normalized spacial score (nSPS) is 10.9. The molecule has 1 N–H and O–H groups in total. The number of hydrogen-bond donors (Lipinski definition) is 1. The lowest BCUT2D eigenvalue weighted by molar-refractivity contribution is 0.102. The summed E-state index contributed by atoms with van der Waals surface area (Å²) in [7, 11) is 1.86. The lowest BCUT2D eigenvalue weighted by atomic mass is 10.0. The Morgan fingerprint density at radius 3 is 2.59 bits per heavy atom. The maximum absolute atomic E-state index is 13.0. The first kappa shape index (κ1) is 17.0. The van der Waals surface area contributed by atoms with Crippen molar-refractivity contribution in [2.45, 2.75) is 13.3 Å². The van der Waals surface area contributed by atoms with Gasteiger partial charge in [-0.15, -0.1) is 0 Å². The van der Waals surface area contributed by atoms with Crippen molar-refractivity contribution in [2.24, 2.45) is 7.05 Å². The van der Waals surface area contributed by atoms with E-state index >= 15 is 0 Å². The summed E-state index contributed by atoms with van der Waals surface area (Å²) in [6.45, 7) is 2.11. The number of carbonyl (C=O) groups is 1. The average molecular weight is 356 g/mol. The Hall–Kier alpha value is -3.47. The zero-order valence-electron chi connectivity index (χ0n) is 15.3. The molecule has 2 aromatic carbocycles. The number of benzene rings is 2. The van der Waals surface area contributed by atoms with Gasteiger partial charge in [0.25, 0.3) is 5.91 Å². The highest BCUT2D eigenvalue weighted by Crippen LogP contribution is 2.25. The van der Waals surface area contributed by atoms with Crippen molar-refractivity contribution >= 4 is 22.5 Å². The molecule has 0 unspecified atom stereocenters. The molecule has 0 saturated heterocycles. The Morgan fingerprint density at radius 2 is 1.89 bits per heavy atom. The number of hydrogen-bond acceptors (Lipinski definition) is 3. The molecule has 4 aromatic rings. The van der Waals surface area contributed by atoms with Gasteiger partial charge in [-0.3, -0.25) is 9.48 Å². The molecule has 134 valence electrons. The molecule has 4 rings (SSSR count). The van der Waals surface area contributed by atoms with Gasteiger partial charge >= 0.3 is 0 Å². The Bertz CT molecular complexity index is 1110. The summed E-state index contributed by atoms with van der Waals surface area (Å²) in [6, 6.07) is 17.4. The van der Waals surface area contributed by atoms with E-state index in [4.69, 9.17) is 4.98 Å². The predicted molar refractivity (Wildman–Crippen MR) is 108 cm³/mol. The van der Waals surface area contributed by atoms with Gasteiger partial charge in [-0.2, -0.15) is 5.10 Å². The number of nitrogens with zero attached hydrogens (tertiary/aromatic N) is 3. The van der Waals surface area contributed by atoms with Crippen molar-refractivity contribution < 1.29 is 4.79 Å². The first-order valence-electron chi connectivity index (χ1n) is 8.93. The molecule has 0 fully saturated rings. The molecule has 0 aliphatic carbocycles. The van der Waals surface area contributed by atoms with Gasteiger partial charge in [-0.05, 0) is 36.2 Å². The minimum absolute atomic E-state index is 0.150. The Balaban J connectivity index is 1.75. The zero-order chi connectivity index (χ0) is 18.8. The summed E-state index contributed by atoms with van der Waals surface area (Å²) in [5, 5.41) is 8.03. The largest absolute Gasteiger partial charge is 0.322 e. The van der Waals surface area contributed by atoms with E-state index in [1.165, 1.54) is 5.56 Å². The predicted octanol–water partition coefficient (Wildman–Crippen LogP) is 4.45. The smallest absolute Gasteiger partial charge is 0.256 e. The number of anilines is 1. The van der Waals surface area contributed by atoms with Crippen LogP contribution < -0.4 is 5.32 Å². The second-order valence-corrected chi connectivity index (χ2v) is 6.48. The molecule has 5 nitrogen and oxygen atoms in total. The molecule has 27 heavy (non-hydrogen) atoms. The van der Waals surface area contributed by atoms with Crippen LogP contribution >= 0.6 is 0 Å². The highest BCUT2D eigenvalue weighted by atomic mass is 16.1. The summed E-state index contributed by atoms with van der Waals surface area (Å²) in [5.74, 6) is -0.150. The maximum atomic E-state index is 13.0. The van der Waals surface area contributed by atoms with Gasteiger partial charge < -0.3 is 5.32 Å². The van der Waals surface area contributed by atoms with E-state index in [1.807, 2.05) is 67.8 Å². The second kappa shape index (κ2) is 7.03. The summed E-state index contributed by atoms with van der Waals surface area (Å²) < 4.78 is 1.72. The molecule has 2 aromatic heterocycles. The number of carbonyl (C=O) groups excluding carboxylic acids is 1. The SMILES string of the molecule is CCc1ccc(NC(=O)c2cc(-c3cnn(C)c3)nc3ccccc23)cc1. The fourth-order valence-electron chi connectivity index (χ4n) is 3.09. The van der Waals surface area contributed by atoms with Crippen molar-refractivity contribution in [3.63, 3.8) is 0 Å². The number of aromatic nitrogens is 3. The summed E-state index contributed by atoms with van der Waals surface area (Å²) in [5.41, 5.74) is 5.00. The van der Waals surface area contributed by atoms with Gasteiger partial charge in [0.05, 0.1) is 23.0 Å². The highest BCUT2D eigenvalue weighted by Gasteiger charge is 2.15. The van der Waals surface area contributed by atoms with E-state index < -0.39 is 0 Å². The molecule has 0 spiro atoms. The van der Waals surface area contributed by atoms with Gasteiger partial charge in [0, 0.05) is 29.9 Å². The molecule has 0 aliphatic heterocycles. The zero-order valence-corrected chi connectivity index (χ0v) is 15.3. The quantitative estimate of drug-likeness (QED) is 0.588. The fraction of sp³-hybridized carbons (Fsp3) is 0.136. The third-order valence-corrected chi connectivity index (χ3v) is 4.58. The number of pyridine rings is 1. The van der Waals surface area contributed by atoms with Crippen molar-refractivity contribution in [3.05, 3.63) is 78.1 Å². The van der Waals surface area contributed by atoms with Crippen LogP contribution in [0.15, 0.2) is 67.0 Å². The molecule has 0 bridgehead atoms. The monoisotopic (exact) mass is 356 g/mol. The molecular formula is C22H20N4O. The third kappa shape index (κ3) is 3.44. The van der Waals surface area contributed by atoms with Gasteiger partial charge in [-0.1, -0.05) is 37.3 Å². The van der Waals surface area contributed by atoms with Crippen LogP contribution in [-0.2, 0) is 13.5 Å². The van der Waals surface area contributed by atoms with Crippen LogP contribution in [0.25, 0.3) is 22.2 Å². The fourth-order valence-corrected chi connectivity index (χ4v) is 3.09. The standard InChI is InChI=1S/C22H20N4O/c1-3-15-8-10-17(11-9-15)24-22(27)19-12-21(16-13-23-26(2)14-16)25-20-7-5-4-6-18(19)20/h4-14H,3H2,1-2H3,(H,24,27). The molecule has 0 atom stereocenters. The van der Waals surface area contributed by atoms with Crippen molar-refractivity contribution in [1.29, 1.82) is 0 Å². The van der Waals surface area contributed by atoms with Gasteiger partial charge in [0.1, 0.15) is 0 Å². The second-order valence-electron chi connectivity index (χ2n) is 6.48. The lowest BCUT2D eigenvalue weighted by Crippen LogP contribution is -2.13. The number of aryl methyl sites for hydroxylation is 2. The molecule has 5 heteroatoms. The lowest BCUT2D eigenvalue weighted by Gasteiger charge is -2.10. The highest BCUT2D eigenvalue weighted by molar-refractivity contribution is 6.13. The number of rotatable bonds is 4. The van der Waals surface area contributed by atoms with E-state index in [1.54, 1.807) is 10.9 Å².